The summed E-state index contributed by atoms with van der Waals surface area (Å²) in [6, 6.07) is 0. The molecule has 2 aliphatic carbocycles. The molecule has 104 valence electrons. The summed E-state index contributed by atoms with van der Waals surface area (Å²) < 4.78 is 25.9. The highest BCUT2D eigenvalue weighted by Crippen LogP contribution is 2.69. The van der Waals surface area contributed by atoms with Crippen LogP contribution in [0.1, 0.15) is 46.0 Å². The van der Waals surface area contributed by atoms with Crippen molar-refractivity contribution in [1.29, 1.82) is 0 Å². The lowest BCUT2D eigenvalue weighted by molar-refractivity contribution is 0.285. The minimum Gasteiger partial charge on any atom is -0.212 e. The molecule has 0 spiro atoms. The molecule has 2 saturated carbocycles. The zero-order valence-corrected chi connectivity index (χ0v) is 12.4. The first kappa shape index (κ1) is 12.9. The molecule has 1 aliphatic heterocycles. The first-order valence-corrected chi connectivity index (χ1v) is 9.12. The number of piperidine rings is 1. The highest BCUT2D eigenvalue weighted by atomic mass is 32.2. The van der Waals surface area contributed by atoms with Gasteiger partial charge >= 0.3 is 0 Å². The van der Waals surface area contributed by atoms with E-state index in [1.807, 2.05) is 6.92 Å². The van der Waals surface area contributed by atoms with E-state index in [0.717, 1.165) is 25.4 Å². The van der Waals surface area contributed by atoms with Crippen molar-refractivity contribution in [1.82, 2.24) is 4.31 Å². The Balaban J connectivity index is 1.63. The average Bonchev–Trinajstić information content (AvgIpc) is 3.18. The van der Waals surface area contributed by atoms with E-state index in [1.54, 1.807) is 4.31 Å². The number of sulfonamides is 1. The van der Waals surface area contributed by atoms with E-state index in [4.69, 9.17) is 0 Å². The topological polar surface area (TPSA) is 37.4 Å². The SMILES string of the molecule is CCCS(=O)(=O)N1CC2C(C1)C2(CC)CC1CC1. The first-order chi connectivity index (χ1) is 8.53. The van der Waals surface area contributed by atoms with E-state index in [1.165, 1.54) is 25.7 Å². The molecule has 0 aromatic carbocycles. The quantitative estimate of drug-likeness (QED) is 0.744. The van der Waals surface area contributed by atoms with E-state index in [9.17, 15) is 8.42 Å². The molecule has 2 atom stereocenters. The molecule has 0 aromatic rings. The lowest BCUT2D eigenvalue weighted by Gasteiger charge is -2.25. The summed E-state index contributed by atoms with van der Waals surface area (Å²) in [5.74, 6) is 2.65. The monoisotopic (exact) mass is 271 g/mol. The molecule has 1 saturated heterocycles. The normalized spacial score (nSPS) is 39.9. The minimum atomic E-state index is -2.95. The summed E-state index contributed by atoms with van der Waals surface area (Å²) in [5, 5.41) is 0. The molecular weight excluding hydrogens is 246 g/mol. The van der Waals surface area contributed by atoms with Gasteiger partial charge in [-0.3, -0.25) is 0 Å². The van der Waals surface area contributed by atoms with E-state index >= 15 is 0 Å². The van der Waals surface area contributed by atoms with Crippen LogP contribution in [-0.2, 0) is 10.0 Å². The largest absolute Gasteiger partial charge is 0.214 e. The van der Waals surface area contributed by atoms with Crippen molar-refractivity contribution in [2.24, 2.45) is 23.2 Å². The zero-order chi connectivity index (χ0) is 13.0. The van der Waals surface area contributed by atoms with E-state index in [-0.39, 0.29) is 0 Å². The lowest BCUT2D eigenvalue weighted by Crippen LogP contribution is -2.35. The highest BCUT2D eigenvalue weighted by molar-refractivity contribution is 7.89. The number of hydrogen-bond acceptors (Lipinski definition) is 2. The fourth-order valence-corrected chi connectivity index (χ4v) is 5.80. The predicted octanol–water partition coefficient (Wildman–Crippen LogP) is 2.48. The van der Waals surface area contributed by atoms with Crippen LogP contribution >= 0.6 is 0 Å². The maximum absolute atomic E-state index is 12.1. The molecule has 0 radical (unpaired) electrons. The zero-order valence-electron chi connectivity index (χ0n) is 11.6. The fraction of sp³-hybridized carbons (Fsp3) is 1.00. The highest BCUT2D eigenvalue weighted by Gasteiger charge is 2.68. The van der Waals surface area contributed by atoms with Crippen molar-refractivity contribution in [3.8, 4) is 0 Å². The van der Waals surface area contributed by atoms with Crippen LogP contribution in [0.5, 0.6) is 0 Å². The van der Waals surface area contributed by atoms with Gasteiger partial charge in [0.1, 0.15) is 0 Å². The lowest BCUT2D eigenvalue weighted by atomic mass is 9.90. The maximum Gasteiger partial charge on any atom is 0.214 e. The summed E-state index contributed by atoms with van der Waals surface area (Å²) in [6.07, 6.45) is 6.19. The van der Waals surface area contributed by atoms with Gasteiger partial charge in [-0.15, -0.1) is 0 Å². The number of nitrogens with zero attached hydrogens (tertiary/aromatic N) is 1. The molecule has 3 nitrogen and oxygen atoms in total. The number of fused-ring (bicyclic) bond motifs is 1. The van der Waals surface area contributed by atoms with Gasteiger partial charge in [-0.1, -0.05) is 26.7 Å². The third kappa shape index (κ3) is 1.92. The number of hydrogen-bond donors (Lipinski definition) is 0. The Morgan fingerprint density at radius 1 is 1.17 bits per heavy atom. The second-order valence-corrected chi connectivity index (χ2v) is 8.67. The Hall–Kier alpha value is -0.0900. The molecule has 3 fully saturated rings. The van der Waals surface area contributed by atoms with Crippen LogP contribution < -0.4 is 0 Å². The minimum absolute atomic E-state index is 0.328. The smallest absolute Gasteiger partial charge is 0.212 e. The van der Waals surface area contributed by atoms with Crippen molar-refractivity contribution in [2.75, 3.05) is 18.8 Å². The second kappa shape index (κ2) is 4.20. The standard InChI is InChI=1S/C14H25NO2S/c1-3-7-18(16,17)15-9-12-13(10-15)14(12,4-2)8-11-5-6-11/h11-13H,3-10H2,1-2H3. The van der Waals surface area contributed by atoms with Crippen LogP contribution in [0.3, 0.4) is 0 Å². The molecule has 3 rings (SSSR count). The summed E-state index contributed by atoms with van der Waals surface area (Å²) in [6.45, 7) is 5.87. The first-order valence-electron chi connectivity index (χ1n) is 7.51. The van der Waals surface area contributed by atoms with Crippen LogP contribution in [0.25, 0.3) is 0 Å². The van der Waals surface area contributed by atoms with Gasteiger partial charge in [0.15, 0.2) is 0 Å². The Bertz CT molecular complexity index is 415. The van der Waals surface area contributed by atoms with Gasteiger partial charge in [0.25, 0.3) is 0 Å². The van der Waals surface area contributed by atoms with Crippen LogP contribution in [0.15, 0.2) is 0 Å². The van der Waals surface area contributed by atoms with Crippen LogP contribution in [-0.4, -0.2) is 31.6 Å². The Labute approximate surface area is 111 Å². The molecule has 0 aromatic heterocycles. The summed E-state index contributed by atoms with van der Waals surface area (Å²) >= 11 is 0. The van der Waals surface area contributed by atoms with Crippen molar-refractivity contribution in [2.45, 2.75) is 46.0 Å². The molecule has 0 amide bonds. The molecule has 2 unspecified atom stereocenters. The van der Waals surface area contributed by atoms with Gasteiger partial charge in [-0.2, -0.15) is 0 Å². The Morgan fingerprint density at radius 3 is 2.22 bits per heavy atom. The van der Waals surface area contributed by atoms with Crippen molar-refractivity contribution >= 4 is 10.0 Å². The Kier molecular flexibility index (Phi) is 3.02. The van der Waals surface area contributed by atoms with Crippen LogP contribution in [0.2, 0.25) is 0 Å². The molecule has 1 heterocycles. The van der Waals surface area contributed by atoms with E-state index < -0.39 is 10.0 Å². The van der Waals surface area contributed by atoms with Gasteiger partial charge in [-0.25, -0.2) is 12.7 Å². The molecule has 3 aliphatic rings. The van der Waals surface area contributed by atoms with Crippen LogP contribution in [0, 0.1) is 23.2 Å². The molecule has 18 heavy (non-hydrogen) atoms. The summed E-state index contributed by atoms with van der Waals surface area (Å²) in [5.41, 5.74) is 0.527. The summed E-state index contributed by atoms with van der Waals surface area (Å²) in [7, 11) is -2.95. The molecule has 0 bridgehead atoms. The molecule has 0 N–H and O–H groups in total. The molecular formula is C14H25NO2S. The van der Waals surface area contributed by atoms with Gasteiger partial charge in [0.2, 0.25) is 10.0 Å². The van der Waals surface area contributed by atoms with Gasteiger partial charge in [-0.05, 0) is 42.4 Å². The third-order valence-corrected chi connectivity index (χ3v) is 7.54. The van der Waals surface area contributed by atoms with Gasteiger partial charge < -0.3 is 0 Å². The summed E-state index contributed by atoms with van der Waals surface area (Å²) in [4.78, 5) is 0. The number of rotatable bonds is 6. The second-order valence-electron chi connectivity index (χ2n) is 6.58. The van der Waals surface area contributed by atoms with Crippen molar-refractivity contribution in [3.63, 3.8) is 0 Å². The third-order valence-electron chi connectivity index (χ3n) is 5.53. The van der Waals surface area contributed by atoms with E-state index in [2.05, 4.69) is 6.92 Å². The molecule has 4 heteroatoms. The van der Waals surface area contributed by atoms with E-state index in [0.29, 0.717) is 23.0 Å². The fourth-order valence-electron chi connectivity index (χ4n) is 4.25. The van der Waals surface area contributed by atoms with Crippen molar-refractivity contribution in [3.05, 3.63) is 0 Å². The van der Waals surface area contributed by atoms with Crippen molar-refractivity contribution < 1.29 is 8.42 Å². The maximum atomic E-state index is 12.1. The van der Waals surface area contributed by atoms with Crippen LogP contribution in [0.4, 0.5) is 0 Å². The van der Waals surface area contributed by atoms with Gasteiger partial charge in [0, 0.05) is 13.1 Å². The predicted molar refractivity (Wildman–Crippen MR) is 72.7 cm³/mol. The van der Waals surface area contributed by atoms with Gasteiger partial charge in [0.05, 0.1) is 5.75 Å². The Morgan fingerprint density at radius 2 is 1.78 bits per heavy atom. The average molecular weight is 271 g/mol.